The third-order valence-corrected chi connectivity index (χ3v) is 3.98. The Hall–Kier alpha value is -3.09. The predicted molar refractivity (Wildman–Crippen MR) is 91.0 cm³/mol. The van der Waals surface area contributed by atoms with Crippen molar-refractivity contribution < 1.29 is 19.2 Å². The summed E-state index contributed by atoms with van der Waals surface area (Å²) in [5.41, 5.74) is 0.906. The van der Waals surface area contributed by atoms with Crippen LogP contribution in [0.15, 0.2) is 42.5 Å². The molecule has 0 spiro atoms. The van der Waals surface area contributed by atoms with E-state index in [0.717, 1.165) is 11.3 Å². The normalized spacial score (nSPS) is 15.6. The predicted octanol–water partition coefficient (Wildman–Crippen LogP) is 3.25. The molecule has 2 aromatic rings. The highest BCUT2D eigenvalue weighted by Gasteiger charge is 2.24. The number of carbonyl (C=O) groups excluding carboxylic acids is 1. The van der Waals surface area contributed by atoms with E-state index in [1.54, 1.807) is 6.92 Å². The Balaban J connectivity index is 1.83. The van der Waals surface area contributed by atoms with E-state index in [1.165, 1.54) is 18.2 Å². The Labute approximate surface area is 144 Å². The van der Waals surface area contributed by atoms with E-state index in [-0.39, 0.29) is 28.9 Å². The van der Waals surface area contributed by atoms with Crippen LogP contribution in [0.3, 0.4) is 0 Å². The van der Waals surface area contributed by atoms with E-state index in [4.69, 9.17) is 9.47 Å². The van der Waals surface area contributed by atoms with Gasteiger partial charge in [-0.1, -0.05) is 18.2 Å². The summed E-state index contributed by atoms with van der Waals surface area (Å²) >= 11 is 0. The van der Waals surface area contributed by atoms with E-state index in [0.29, 0.717) is 19.6 Å². The number of nitro benzene ring substituents is 1. The van der Waals surface area contributed by atoms with Gasteiger partial charge in [-0.2, -0.15) is 0 Å². The average Bonchev–Trinajstić information content (AvgIpc) is 2.62. The van der Waals surface area contributed by atoms with Crippen LogP contribution in [0.1, 0.15) is 35.3 Å². The number of hydrogen-bond acceptors (Lipinski definition) is 5. The van der Waals surface area contributed by atoms with Gasteiger partial charge in [0.05, 0.1) is 24.2 Å². The Morgan fingerprint density at radius 2 is 2.16 bits per heavy atom. The van der Waals surface area contributed by atoms with Gasteiger partial charge >= 0.3 is 5.69 Å². The van der Waals surface area contributed by atoms with Crippen molar-refractivity contribution in [3.63, 3.8) is 0 Å². The summed E-state index contributed by atoms with van der Waals surface area (Å²) in [6, 6.07) is 11.5. The topological polar surface area (TPSA) is 90.7 Å². The van der Waals surface area contributed by atoms with Gasteiger partial charge in [0.15, 0.2) is 5.75 Å². The fourth-order valence-corrected chi connectivity index (χ4v) is 2.81. The van der Waals surface area contributed by atoms with Crippen LogP contribution in [0, 0.1) is 10.1 Å². The maximum atomic E-state index is 12.6. The van der Waals surface area contributed by atoms with Gasteiger partial charge in [-0.3, -0.25) is 14.9 Å². The summed E-state index contributed by atoms with van der Waals surface area (Å²) in [6.45, 7) is 2.56. The second kappa shape index (κ2) is 7.21. The molecule has 7 heteroatoms. The van der Waals surface area contributed by atoms with Crippen molar-refractivity contribution in [1.82, 2.24) is 5.32 Å². The number of carbonyl (C=O) groups is 1. The molecule has 1 unspecified atom stereocenters. The maximum absolute atomic E-state index is 12.6. The smallest absolute Gasteiger partial charge is 0.311 e. The highest BCUT2D eigenvalue weighted by Crippen LogP contribution is 2.32. The Morgan fingerprint density at radius 1 is 1.36 bits per heavy atom. The minimum absolute atomic E-state index is 0.153. The van der Waals surface area contributed by atoms with Crippen LogP contribution in [0.4, 0.5) is 5.69 Å². The molecule has 130 valence electrons. The van der Waals surface area contributed by atoms with E-state index < -0.39 is 4.92 Å². The van der Waals surface area contributed by atoms with E-state index in [1.807, 2.05) is 24.3 Å². The molecule has 7 nitrogen and oxygen atoms in total. The van der Waals surface area contributed by atoms with Crippen LogP contribution in [0.5, 0.6) is 11.5 Å². The molecule has 3 rings (SSSR count). The van der Waals surface area contributed by atoms with Gasteiger partial charge in [-0.15, -0.1) is 0 Å². The first kappa shape index (κ1) is 16.8. The number of nitrogens with one attached hydrogen (secondary N) is 1. The van der Waals surface area contributed by atoms with Crippen LogP contribution in [-0.4, -0.2) is 24.0 Å². The molecule has 0 aliphatic carbocycles. The first-order chi connectivity index (χ1) is 12.1. The molecule has 0 bridgehead atoms. The molecule has 0 aromatic heterocycles. The fraction of sp³-hybridized carbons (Fsp3) is 0.278. The van der Waals surface area contributed by atoms with Crippen molar-refractivity contribution in [2.24, 2.45) is 0 Å². The van der Waals surface area contributed by atoms with Crippen molar-refractivity contribution in [3.8, 4) is 11.5 Å². The summed E-state index contributed by atoms with van der Waals surface area (Å²) in [5.74, 6) is 0.532. The van der Waals surface area contributed by atoms with Crippen molar-refractivity contribution in [2.45, 2.75) is 19.4 Å². The molecule has 0 saturated carbocycles. The zero-order chi connectivity index (χ0) is 17.8. The van der Waals surface area contributed by atoms with Crippen molar-refractivity contribution in [3.05, 3.63) is 63.7 Å². The van der Waals surface area contributed by atoms with E-state index >= 15 is 0 Å². The van der Waals surface area contributed by atoms with Gasteiger partial charge in [0, 0.05) is 23.6 Å². The van der Waals surface area contributed by atoms with E-state index in [9.17, 15) is 14.9 Å². The summed E-state index contributed by atoms with van der Waals surface area (Å²) in [5, 5.41) is 14.1. The summed E-state index contributed by atoms with van der Waals surface area (Å²) < 4.78 is 10.8. The Morgan fingerprint density at radius 3 is 2.92 bits per heavy atom. The number of fused-ring (bicyclic) bond motifs is 1. The summed E-state index contributed by atoms with van der Waals surface area (Å²) in [6.07, 6.45) is 0.641. The maximum Gasteiger partial charge on any atom is 0.311 e. The van der Waals surface area contributed by atoms with Crippen LogP contribution in [0.2, 0.25) is 0 Å². The molecule has 1 N–H and O–H groups in total. The molecule has 1 heterocycles. The van der Waals surface area contributed by atoms with Gasteiger partial charge in [0.2, 0.25) is 0 Å². The molecule has 0 radical (unpaired) electrons. The lowest BCUT2D eigenvalue weighted by atomic mass is 10.00. The third-order valence-electron chi connectivity index (χ3n) is 3.98. The number of rotatable bonds is 5. The minimum atomic E-state index is -0.550. The van der Waals surface area contributed by atoms with E-state index in [2.05, 4.69) is 5.32 Å². The number of nitro groups is 1. The molecular formula is C18H18N2O5. The Kier molecular flexibility index (Phi) is 4.83. The number of hydrogen-bond donors (Lipinski definition) is 1. The third kappa shape index (κ3) is 3.55. The number of benzene rings is 2. The van der Waals surface area contributed by atoms with Gasteiger partial charge in [0.25, 0.3) is 5.91 Å². The second-order valence-corrected chi connectivity index (χ2v) is 5.57. The first-order valence-electron chi connectivity index (χ1n) is 8.04. The molecule has 2 aromatic carbocycles. The molecule has 0 fully saturated rings. The molecule has 1 amide bonds. The van der Waals surface area contributed by atoms with Gasteiger partial charge in [0.1, 0.15) is 5.75 Å². The molecule has 0 saturated heterocycles. The van der Waals surface area contributed by atoms with Crippen molar-refractivity contribution >= 4 is 11.6 Å². The molecule has 1 atom stereocenters. The average molecular weight is 342 g/mol. The lowest BCUT2D eigenvalue weighted by Gasteiger charge is -2.26. The van der Waals surface area contributed by atoms with Crippen LogP contribution in [-0.2, 0) is 0 Å². The lowest BCUT2D eigenvalue weighted by Crippen LogP contribution is -2.32. The van der Waals surface area contributed by atoms with Gasteiger partial charge in [-0.25, -0.2) is 0 Å². The monoisotopic (exact) mass is 342 g/mol. The highest BCUT2D eigenvalue weighted by molar-refractivity contribution is 5.95. The lowest BCUT2D eigenvalue weighted by molar-refractivity contribution is -0.385. The highest BCUT2D eigenvalue weighted by atomic mass is 16.6. The van der Waals surface area contributed by atoms with Gasteiger partial charge < -0.3 is 14.8 Å². The standard InChI is InChI=1S/C18H18N2O5/c1-2-24-17-8-7-12(11-15(17)20(22)23)18(21)19-14-9-10-25-16-6-4-3-5-13(14)16/h3-8,11,14H,2,9-10H2,1H3,(H,19,21). The first-order valence-corrected chi connectivity index (χ1v) is 8.04. The summed E-state index contributed by atoms with van der Waals surface area (Å²) in [4.78, 5) is 23.2. The van der Waals surface area contributed by atoms with Crippen molar-refractivity contribution in [1.29, 1.82) is 0 Å². The minimum Gasteiger partial charge on any atom is -0.493 e. The number of amides is 1. The molecule has 1 aliphatic heterocycles. The second-order valence-electron chi connectivity index (χ2n) is 5.57. The SMILES string of the molecule is CCOc1ccc(C(=O)NC2CCOc3ccccc32)cc1[N+](=O)[O-]. The Bertz CT molecular complexity index is 806. The van der Waals surface area contributed by atoms with Crippen LogP contribution < -0.4 is 14.8 Å². The van der Waals surface area contributed by atoms with Crippen LogP contribution >= 0.6 is 0 Å². The van der Waals surface area contributed by atoms with Crippen LogP contribution in [0.25, 0.3) is 0 Å². The zero-order valence-corrected chi connectivity index (χ0v) is 13.7. The van der Waals surface area contributed by atoms with Crippen molar-refractivity contribution in [2.75, 3.05) is 13.2 Å². The number of ether oxygens (including phenoxy) is 2. The number of para-hydroxylation sites is 1. The molecule has 1 aliphatic rings. The molecular weight excluding hydrogens is 324 g/mol. The quantitative estimate of drug-likeness (QED) is 0.665. The summed E-state index contributed by atoms with van der Waals surface area (Å²) in [7, 11) is 0. The zero-order valence-electron chi connectivity index (χ0n) is 13.7. The largest absolute Gasteiger partial charge is 0.493 e. The molecule has 25 heavy (non-hydrogen) atoms. The fourth-order valence-electron chi connectivity index (χ4n) is 2.81. The van der Waals surface area contributed by atoms with Gasteiger partial charge in [-0.05, 0) is 25.1 Å². The number of nitrogens with zero attached hydrogens (tertiary/aromatic N) is 1.